The Hall–Kier alpha value is -4.54. The van der Waals surface area contributed by atoms with Crippen LogP contribution in [0.1, 0.15) is 86.0 Å². The van der Waals surface area contributed by atoms with E-state index >= 15 is 0 Å². The molecule has 1 saturated heterocycles. The van der Waals surface area contributed by atoms with Crippen LogP contribution in [0.5, 0.6) is 0 Å². The van der Waals surface area contributed by atoms with E-state index in [1.54, 1.807) is 28.8 Å². The van der Waals surface area contributed by atoms with Gasteiger partial charge in [-0.3, -0.25) is 19.1 Å². The number of aliphatic carboxylic acids is 3. The summed E-state index contributed by atoms with van der Waals surface area (Å²) in [6.45, 7) is 6.20. The lowest BCUT2D eigenvalue weighted by atomic mass is 9.96. The van der Waals surface area contributed by atoms with E-state index in [4.69, 9.17) is 20.4 Å². The van der Waals surface area contributed by atoms with Crippen molar-refractivity contribution < 1.29 is 52.8 Å². The van der Waals surface area contributed by atoms with E-state index in [9.17, 15) is 32.3 Å². The molecule has 0 aromatic carbocycles. The smallest absolute Gasteiger partial charge is 0.433 e. The van der Waals surface area contributed by atoms with Crippen molar-refractivity contribution in [2.24, 2.45) is 0 Å². The summed E-state index contributed by atoms with van der Waals surface area (Å²) >= 11 is 0. The van der Waals surface area contributed by atoms with Crippen molar-refractivity contribution in [3.05, 3.63) is 47.2 Å². The molecule has 1 aliphatic heterocycles. The molecule has 1 aliphatic rings. The second-order valence-electron chi connectivity index (χ2n) is 10.3. The highest BCUT2D eigenvalue weighted by Gasteiger charge is 2.41. The summed E-state index contributed by atoms with van der Waals surface area (Å²) in [5.74, 6) is -5.21. The summed E-state index contributed by atoms with van der Waals surface area (Å²) < 4.78 is 43.2. The number of likely N-dealkylation sites (tertiary alicyclic amines) is 1. The van der Waals surface area contributed by atoms with Crippen molar-refractivity contribution in [1.29, 1.82) is 0 Å². The minimum Gasteiger partial charge on any atom is -0.481 e. The molecule has 4 heterocycles. The number of carboxylic acids is 3. The number of aryl methyl sites for hydroxylation is 1. The molecule has 17 heteroatoms. The number of aromatic nitrogens is 5. The summed E-state index contributed by atoms with van der Waals surface area (Å²) in [5.41, 5.74) is -2.22. The van der Waals surface area contributed by atoms with Gasteiger partial charge in [0.1, 0.15) is 5.69 Å². The summed E-state index contributed by atoms with van der Waals surface area (Å²) in [4.78, 5) is 49.5. The average molecular weight is 613 g/mol. The highest BCUT2D eigenvalue weighted by atomic mass is 19.4. The molecule has 4 rings (SSSR count). The molecule has 234 valence electrons. The number of nitrogens with zero attached hydrogens (tertiary/aromatic N) is 6. The van der Waals surface area contributed by atoms with E-state index < -0.39 is 54.3 Å². The molecular weight excluding hydrogens is 581 g/mol. The van der Waals surface area contributed by atoms with Crippen molar-refractivity contribution in [1.82, 2.24) is 29.3 Å². The van der Waals surface area contributed by atoms with Crippen LogP contribution in [-0.2, 0) is 27.0 Å². The third-order valence-corrected chi connectivity index (χ3v) is 6.67. The maximum atomic E-state index is 13.6. The van der Waals surface area contributed by atoms with Crippen molar-refractivity contribution in [2.75, 3.05) is 6.54 Å². The maximum Gasteiger partial charge on any atom is 0.433 e. The Bertz CT molecular complexity index is 1500. The molecule has 0 aliphatic carbocycles. The zero-order valence-electron chi connectivity index (χ0n) is 23.4. The van der Waals surface area contributed by atoms with Crippen molar-refractivity contribution in [3.8, 4) is 0 Å². The fourth-order valence-electron chi connectivity index (χ4n) is 4.52. The van der Waals surface area contributed by atoms with Crippen molar-refractivity contribution in [2.45, 2.75) is 76.7 Å². The number of hydrogen-bond donors (Lipinski definition) is 4. The first kappa shape index (κ1) is 33.0. The number of halogens is 3. The molecule has 3 aromatic rings. The minimum absolute atomic E-state index is 0.124. The van der Waals surface area contributed by atoms with E-state index in [1.807, 2.05) is 13.8 Å². The first-order chi connectivity index (χ1) is 20.0. The van der Waals surface area contributed by atoms with Crippen LogP contribution in [-0.4, -0.2) is 85.7 Å². The molecule has 1 atom stereocenters. The van der Waals surface area contributed by atoms with Crippen LogP contribution in [0.4, 0.5) is 13.2 Å². The van der Waals surface area contributed by atoms with E-state index in [0.29, 0.717) is 36.3 Å². The van der Waals surface area contributed by atoms with Gasteiger partial charge in [0.25, 0.3) is 5.91 Å². The number of carbonyl (C=O) groups excluding carboxylic acids is 1. The quantitative estimate of drug-likeness (QED) is 0.277. The van der Waals surface area contributed by atoms with Gasteiger partial charge in [0, 0.05) is 30.5 Å². The lowest BCUT2D eigenvalue weighted by Gasteiger charge is -2.22. The van der Waals surface area contributed by atoms with Crippen LogP contribution in [0.25, 0.3) is 5.65 Å². The Morgan fingerprint density at radius 3 is 2.19 bits per heavy atom. The third-order valence-electron chi connectivity index (χ3n) is 6.67. The molecule has 0 radical (unpaired) electrons. The van der Waals surface area contributed by atoms with Gasteiger partial charge in [-0.25, -0.2) is 14.3 Å². The highest BCUT2D eigenvalue weighted by Crippen LogP contribution is 2.35. The number of carboxylic acid groups (broad SMARTS) is 3. The van der Waals surface area contributed by atoms with E-state index in [0.717, 1.165) is 17.0 Å². The Morgan fingerprint density at radius 2 is 1.70 bits per heavy atom. The Kier molecular flexibility index (Phi) is 9.79. The lowest BCUT2D eigenvalue weighted by Crippen LogP contribution is -2.42. The minimum atomic E-state index is -4.55. The van der Waals surface area contributed by atoms with Gasteiger partial charge >= 0.3 is 24.1 Å². The summed E-state index contributed by atoms with van der Waals surface area (Å²) in [7, 11) is 0. The van der Waals surface area contributed by atoms with Gasteiger partial charge in [0.05, 0.1) is 36.3 Å². The fourth-order valence-corrected chi connectivity index (χ4v) is 4.52. The number of fused-ring (bicyclic) bond motifs is 1. The van der Waals surface area contributed by atoms with Gasteiger partial charge in [-0.2, -0.15) is 23.4 Å². The monoisotopic (exact) mass is 612 g/mol. The number of hydrogen-bond acceptors (Lipinski definition) is 8. The number of alkyl halides is 3. The van der Waals surface area contributed by atoms with Gasteiger partial charge < -0.3 is 25.3 Å². The summed E-state index contributed by atoms with van der Waals surface area (Å²) in [6.07, 6.45) is -1.85. The zero-order chi connectivity index (χ0) is 32.3. The number of rotatable bonds is 9. The lowest BCUT2D eigenvalue weighted by molar-refractivity contribution is -0.170. The Balaban J connectivity index is 0.000000331. The van der Waals surface area contributed by atoms with E-state index in [-0.39, 0.29) is 17.6 Å². The first-order valence-electron chi connectivity index (χ1n) is 13.2. The van der Waals surface area contributed by atoms with Gasteiger partial charge in [-0.1, -0.05) is 6.92 Å². The predicted molar refractivity (Wildman–Crippen MR) is 140 cm³/mol. The van der Waals surface area contributed by atoms with Crippen LogP contribution >= 0.6 is 0 Å². The molecule has 1 amide bonds. The Labute approximate surface area is 242 Å². The number of amides is 1. The predicted octanol–water partition coefficient (Wildman–Crippen LogP) is 2.82. The first-order valence-corrected chi connectivity index (χ1v) is 13.2. The van der Waals surface area contributed by atoms with Gasteiger partial charge in [0.2, 0.25) is 0 Å². The molecule has 0 spiro atoms. The number of aliphatic hydroxyl groups is 1. The van der Waals surface area contributed by atoms with Gasteiger partial charge in [-0.05, 0) is 39.2 Å². The van der Waals surface area contributed by atoms with Crippen LogP contribution in [0.15, 0.2) is 24.5 Å². The number of carbonyl (C=O) groups is 4. The second-order valence-corrected chi connectivity index (χ2v) is 10.3. The fraction of sp³-hybridized carbons (Fsp3) is 0.500. The molecule has 0 bridgehead atoms. The van der Waals surface area contributed by atoms with Crippen LogP contribution in [0.3, 0.4) is 0 Å². The largest absolute Gasteiger partial charge is 0.481 e. The standard InChI is InChI=1S/C20H23F3N6O.C6H8O7/c1-4-14-8-17(20(21,22)23)29-18(25-14)9-15(26-29)16-6-5-7-27(16)19(30)13-10-24-28(11-13)12(2)3;7-3(8)1-6(13,5(11)12)2-4(9)10/h8-12,16H,4-7H2,1-3H3;13H,1-2H2,(H,7,8)(H,9,10)(H,11,12). The molecule has 1 fully saturated rings. The molecule has 4 N–H and O–H groups in total. The van der Waals surface area contributed by atoms with Gasteiger partial charge in [-0.15, -0.1) is 0 Å². The van der Waals surface area contributed by atoms with Crippen LogP contribution in [0.2, 0.25) is 0 Å². The topological polar surface area (TPSA) is 200 Å². The second kappa shape index (κ2) is 12.8. The Morgan fingerprint density at radius 1 is 1.07 bits per heavy atom. The van der Waals surface area contributed by atoms with Gasteiger partial charge in [0.15, 0.2) is 11.2 Å². The molecule has 14 nitrogen and oxygen atoms in total. The maximum absolute atomic E-state index is 13.6. The normalized spacial score (nSPS) is 15.4. The molecule has 0 saturated carbocycles. The van der Waals surface area contributed by atoms with Crippen LogP contribution in [0, 0.1) is 0 Å². The average Bonchev–Trinajstić information content (AvgIpc) is 3.65. The molecule has 43 heavy (non-hydrogen) atoms. The van der Waals surface area contributed by atoms with Crippen molar-refractivity contribution >= 4 is 29.5 Å². The summed E-state index contributed by atoms with van der Waals surface area (Å²) in [5, 5.41) is 42.2. The zero-order valence-corrected chi connectivity index (χ0v) is 23.4. The van der Waals surface area contributed by atoms with Crippen LogP contribution < -0.4 is 0 Å². The molecule has 3 aromatic heterocycles. The SMILES string of the molecule is CCc1cc(C(F)(F)F)n2nc(C3CCCN3C(=O)c3cnn(C(C)C)c3)cc2n1.O=C(O)CC(O)(CC(=O)O)C(=O)O. The van der Waals surface area contributed by atoms with E-state index in [1.165, 1.54) is 6.20 Å². The summed E-state index contributed by atoms with van der Waals surface area (Å²) in [6, 6.07) is 2.32. The molecule has 1 unspecified atom stereocenters. The molecular formula is C26H31F3N6O8. The highest BCUT2D eigenvalue weighted by molar-refractivity contribution is 5.94. The third kappa shape index (κ3) is 7.65. The van der Waals surface area contributed by atoms with Crippen molar-refractivity contribution in [3.63, 3.8) is 0 Å². The van der Waals surface area contributed by atoms with E-state index in [2.05, 4.69) is 15.2 Å².